The summed E-state index contributed by atoms with van der Waals surface area (Å²) in [7, 11) is 0. The van der Waals surface area contributed by atoms with Gasteiger partial charge in [0.1, 0.15) is 5.76 Å². The van der Waals surface area contributed by atoms with E-state index in [1.54, 1.807) is 17.4 Å². The molecule has 0 saturated carbocycles. The minimum absolute atomic E-state index is 0.191. The molecule has 0 fully saturated rings. The van der Waals surface area contributed by atoms with Crippen LogP contribution in [0.15, 0.2) is 16.8 Å². The average molecular weight is 293 g/mol. The summed E-state index contributed by atoms with van der Waals surface area (Å²) >= 11 is 1.69. The normalized spacial score (nSPS) is 10.7. The first kappa shape index (κ1) is 14.7. The van der Waals surface area contributed by atoms with Crippen LogP contribution in [-0.2, 0) is 19.3 Å². The van der Waals surface area contributed by atoms with Gasteiger partial charge in [-0.25, -0.2) is 4.98 Å². The van der Waals surface area contributed by atoms with Crippen molar-refractivity contribution in [2.75, 3.05) is 6.54 Å². The van der Waals surface area contributed by atoms with E-state index in [4.69, 9.17) is 4.52 Å². The van der Waals surface area contributed by atoms with Crippen molar-refractivity contribution < 1.29 is 9.32 Å². The Morgan fingerprint density at radius 1 is 1.40 bits per heavy atom. The molecule has 0 spiro atoms. The number of aryl methyl sites for hydroxylation is 2. The van der Waals surface area contributed by atoms with Crippen LogP contribution in [0.5, 0.6) is 0 Å². The van der Waals surface area contributed by atoms with Crippen LogP contribution < -0.4 is 5.32 Å². The maximum Gasteiger partial charge on any atom is 0.273 e. The van der Waals surface area contributed by atoms with Crippen LogP contribution in [0.25, 0.3) is 0 Å². The van der Waals surface area contributed by atoms with Crippen LogP contribution in [0.3, 0.4) is 0 Å². The number of aromatic nitrogens is 2. The van der Waals surface area contributed by atoms with E-state index < -0.39 is 0 Å². The molecule has 2 aromatic rings. The van der Waals surface area contributed by atoms with Crippen molar-refractivity contribution in [3.63, 3.8) is 0 Å². The highest BCUT2D eigenvalue weighted by molar-refractivity contribution is 7.11. The Bertz CT molecular complexity index is 562. The molecule has 1 amide bonds. The Kier molecular flexibility index (Phi) is 5.29. The topological polar surface area (TPSA) is 68.0 Å². The second-order valence-corrected chi connectivity index (χ2v) is 5.71. The monoisotopic (exact) mass is 293 g/mol. The third kappa shape index (κ3) is 3.90. The van der Waals surface area contributed by atoms with E-state index in [-0.39, 0.29) is 5.91 Å². The smallest absolute Gasteiger partial charge is 0.273 e. The molecule has 0 saturated heterocycles. The number of hydrogen-bond donors (Lipinski definition) is 1. The summed E-state index contributed by atoms with van der Waals surface area (Å²) in [5.41, 5.74) is 0.349. The standard InChI is InChI=1S/C14H19N3O2S/c1-3-5-10-8-12(17-19-10)14(18)15-7-6-13-16-9-11(4-2)20-13/h8-9H,3-7H2,1-2H3,(H,15,18). The average Bonchev–Trinajstić information content (AvgIpc) is 3.08. The summed E-state index contributed by atoms with van der Waals surface area (Å²) in [5, 5.41) is 7.66. The Hall–Kier alpha value is -1.69. The Balaban J connectivity index is 1.79. The number of hydrogen-bond acceptors (Lipinski definition) is 5. The minimum Gasteiger partial charge on any atom is -0.361 e. The highest BCUT2D eigenvalue weighted by Gasteiger charge is 2.11. The molecule has 0 radical (unpaired) electrons. The van der Waals surface area contributed by atoms with Gasteiger partial charge in [0.15, 0.2) is 5.69 Å². The van der Waals surface area contributed by atoms with Crippen LogP contribution in [-0.4, -0.2) is 22.6 Å². The van der Waals surface area contributed by atoms with Crippen LogP contribution >= 0.6 is 11.3 Å². The lowest BCUT2D eigenvalue weighted by molar-refractivity contribution is 0.0945. The van der Waals surface area contributed by atoms with Gasteiger partial charge >= 0.3 is 0 Å². The van der Waals surface area contributed by atoms with Crippen molar-refractivity contribution in [1.29, 1.82) is 0 Å². The predicted octanol–water partition coefficient (Wildman–Crippen LogP) is 2.62. The number of rotatable bonds is 7. The Morgan fingerprint density at radius 2 is 2.25 bits per heavy atom. The highest BCUT2D eigenvalue weighted by atomic mass is 32.1. The molecular formula is C14H19N3O2S. The lowest BCUT2D eigenvalue weighted by atomic mass is 10.2. The van der Waals surface area contributed by atoms with Crippen LogP contribution in [0.1, 0.15) is 46.4 Å². The number of carbonyl (C=O) groups is 1. The van der Waals surface area contributed by atoms with Crippen LogP contribution in [0.4, 0.5) is 0 Å². The second-order valence-electron chi connectivity index (χ2n) is 4.51. The molecule has 0 atom stereocenters. The molecule has 0 aliphatic heterocycles. The summed E-state index contributed by atoms with van der Waals surface area (Å²) < 4.78 is 5.09. The molecule has 2 heterocycles. The Morgan fingerprint density at radius 3 is 2.95 bits per heavy atom. The summed E-state index contributed by atoms with van der Waals surface area (Å²) in [5.74, 6) is 0.563. The molecule has 1 N–H and O–H groups in total. The molecule has 0 unspecified atom stereocenters. The fourth-order valence-corrected chi connectivity index (χ4v) is 2.65. The summed E-state index contributed by atoms with van der Waals surface area (Å²) in [6.45, 7) is 4.73. The van der Waals surface area contributed by atoms with E-state index in [0.29, 0.717) is 12.2 Å². The molecule has 2 rings (SSSR count). The molecule has 2 aromatic heterocycles. The largest absolute Gasteiger partial charge is 0.361 e. The van der Waals surface area contributed by atoms with E-state index in [1.165, 1.54) is 4.88 Å². The van der Waals surface area contributed by atoms with Gasteiger partial charge in [-0.2, -0.15) is 0 Å². The Labute approximate surface area is 122 Å². The number of carbonyl (C=O) groups excluding carboxylic acids is 1. The van der Waals surface area contributed by atoms with Crippen molar-refractivity contribution in [2.45, 2.75) is 39.5 Å². The highest BCUT2D eigenvalue weighted by Crippen LogP contribution is 2.13. The van der Waals surface area contributed by atoms with E-state index in [9.17, 15) is 4.79 Å². The zero-order valence-electron chi connectivity index (χ0n) is 11.8. The van der Waals surface area contributed by atoms with Gasteiger partial charge in [0, 0.05) is 36.5 Å². The zero-order valence-corrected chi connectivity index (χ0v) is 12.6. The summed E-state index contributed by atoms with van der Waals surface area (Å²) in [6, 6.07) is 1.71. The number of thiazole rings is 1. The van der Waals surface area contributed by atoms with Crippen molar-refractivity contribution in [3.05, 3.63) is 33.6 Å². The van der Waals surface area contributed by atoms with Crippen LogP contribution in [0, 0.1) is 0 Å². The van der Waals surface area contributed by atoms with Gasteiger partial charge in [0.05, 0.1) is 5.01 Å². The maximum absolute atomic E-state index is 11.9. The molecule has 5 nitrogen and oxygen atoms in total. The molecule has 0 aliphatic carbocycles. The molecule has 0 bridgehead atoms. The van der Waals surface area contributed by atoms with E-state index in [0.717, 1.165) is 36.5 Å². The SMILES string of the molecule is CCCc1cc(C(=O)NCCc2ncc(CC)s2)no1. The van der Waals surface area contributed by atoms with Gasteiger partial charge in [0.25, 0.3) is 5.91 Å². The first-order valence-electron chi connectivity index (χ1n) is 6.90. The summed E-state index contributed by atoms with van der Waals surface area (Å²) in [6.07, 6.45) is 5.43. The van der Waals surface area contributed by atoms with Crippen LogP contribution in [0.2, 0.25) is 0 Å². The van der Waals surface area contributed by atoms with Crippen molar-refractivity contribution in [2.24, 2.45) is 0 Å². The van der Waals surface area contributed by atoms with Gasteiger partial charge < -0.3 is 9.84 Å². The molecular weight excluding hydrogens is 274 g/mol. The number of amides is 1. The fraction of sp³-hybridized carbons (Fsp3) is 0.500. The zero-order chi connectivity index (χ0) is 14.4. The van der Waals surface area contributed by atoms with Gasteiger partial charge in [0.2, 0.25) is 0 Å². The van der Waals surface area contributed by atoms with Crippen molar-refractivity contribution >= 4 is 17.2 Å². The fourth-order valence-electron chi connectivity index (χ4n) is 1.78. The maximum atomic E-state index is 11.9. The van der Waals surface area contributed by atoms with E-state index in [1.807, 2.05) is 6.20 Å². The molecule has 20 heavy (non-hydrogen) atoms. The first-order valence-corrected chi connectivity index (χ1v) is 7.72. The number of nitrogens with one attached hydrogen (secondary N) is 1. The summed E-state index contributed by atoms with van der Waals surface area (Å²) in [4.78, 5) is 17.5. The molecule has 108 valence electrons. The van der Waals surface area contributed by atoms with Crippen molar-refractivity contribution in [3.8, 4) is 0 Å². The lowest BCUT2D eigenvalue weighted by Crippen LogP contribution is -2.25. The number of nitrogens with zero attached hydrogens (tertiary/aromatic N) is 2. The molecule has 6 heteroatoms. The first-order chi connectivity index (χ1) is 9.72. The van der Waals surface area contributed by atoms with E-state index >= 15 is 0 Å². The third-order valence-corrected chi connectivity index (χ3v) is 4.06. The minimum atomic E-state index is -0.191. The van der Waals surface area contributed by atoms with Gasteiger partial charge in [-0.15, -0.1) is 11.3 Å². The quantitative estimate of drug-likeness (QED) is 0.852. The van der Waals surface area contributed by atoms with Gasteiger partial charge in [-0.05, 0) is 12.8 Å². The molecule has 0 aliphatic rings. The van der Waals surface area contributed by atoms with Gasteiger partial charge in [-0.1, -0.05) is 19.0 Å². The second kappa shape index (κ2) is 7.19. The third-order valence-electron chi connectivity index (χ3n) is 2.86. The van der Waals surface area contributed by atoms with Crippen molar-refractivity contribution in [1.82, 2.24) is 15.5 Å². The predicted molar refractivity (Wildman–Crippen MR) is 78.0 cm³/mol. The van der Waals surface area contributed by atoms with E-state index in [2.05, 4.69) is 29.3 Å². The molecule has 0 aromatic carbocycles. The lowest BCUT2D eigenvalue weighted by Gasteiger charge is -2.00. The van der Waals surface area contributed by atoms with Gasteiger partial charge in [-0.3, -0.25) is 4.79 Å².